The third-order valence-corrected chi connectivity index (χ3v) is 4.45. The Morgan fingerprint density at radius 3 is 2.04 bits per heavy atom. The molecule has 142 valence electrons. The Morgan fingerprint density at radius 2 is 1.46 bits per heavy atom. The number of nitrogens with one attached hydrogen (secondary N) is 2. The molecule has 7 heteroatoms. The fourth-order valence-corrected chi connectivity index (χ4v) is 2.62. The van der Waals surface area contributed by atoms with Crippen LogP contribution in [0.3, 0.4) is 0 Å². The fourth-order valence-electron chi connectivity index (χ4n) is 2.44. The summed E-state index contributed by atoms with van der Waals surface area (Å²) < 4.78 is 5.09. The maximum atomic E-state index is 12.5. The van der Waals surface area contributed by atoms with Crippen LogP contribution in [0.2, 0.25) is 5.02 Å². The van der Waals surface area contributed by atoms with Crippen molar-refractivity contribution in [2.75, 3.05) is 17.7 Å². The van der Waals surface area contributed by atoms with Crippen molar-refractivity contribution >= 4 is 34.8 Å². The standard InChI is InChI=1S/C21H18ClN3O3/c1-13-3-4-17(10-19(13)22)25-21(27)15-9-14(11-23-12-15)20(26)24-16-5-7-18(28-2)8-6-16/h3-12H,1-2H3,(H,24,26)(H,25,27). The van der Waals surface area contributed by atoms with Gasteiger partial charge in [0.15, 0.2) is 0 Å². The van der Waals surface area contributed by atoms with E-state index in [-0.39, 0.29) is 22.9 Å². The highest BCUT2D eigenvalue weighted by Gasteiger charge is 2.12. The van der Waals surface area contributed by atoms with Gasteiger partial charge in [0.2, 0.25) is 0 Å². The topological polar surface area (TPSA) is 80.3 Å². The van der Waals surface area contributed by atoms with Gasteiger partial charge in [-0.05, 0) is 55.0 Å². The number of hydrogen-bond donors (Lipinski definition) is 2. The number of carbonyl (C=O) groups is 2. The molecular formula is C21H18ClN3O3. The average Bonchev–Trinajstić information content (AvgIpc) is 2.71. The van der Waals surface area contributed by atoms with Crippen LogP contribution in [0.4, 0.5) is 11.4 Å². The SMILES string of the molecule is COc1ccc(NC(=O)c2cncc(C(=O)Nc3ccc(C)c(Cl)c3)c2)cc1. The largest absolute Gasteiger partial charge is 0.497 e. The molecule has 0 spiro atoms. The molecular weight excluding hydrogens is 378 g/mol. The molecule has 0 aliphatic carbocycles. The fraction of sp³-hybridized carbons (Fsp3) is 0.0952. The number of rotatable bonds is 5. The van der Waals surface area contributed by atoms with Gasteiger partial charge in [-0.1, -0.05) is 17.7 Å². The van der Waals surface area contributed by atoms with E-state index in [1.54, 1.807) is 43.5 Å². The summed E-state index contributed by atoms with van der Waals surface area (Å²) in [5, 5.41) is 6.06. The van der Waals surface area contributed by atoms with Crippen LogP contribution < -0.4 is 15.4 Å². The molecule has 0 unspecified atom stereocenters. The minimum atomic E-state index is -0.383. The first-order valence-corrected chi connectivity index (χ1v) is 8.82. The Morgan fingerprint density at radius 1 is 0.893 bits per heavy atom. The predicted octanol–water partition coefficient (Wildman–Crippen LogP) is 4.56. The number of aromatic nitrogens is 1. The number of aryl methyl sites for hydroxylation is 1. The van der Waals surface area contributed by atoms with E-state index in [0.717, 1.165) is 5.56 Å². The summed E-state index contributed by atoms with van der Waals surface area (Å²) in [6.45, 7) is 1.88. The lowest BCUT2D eigenvalue weighted by molar-refractivity contribution is 0.102. The molecule has 0 aliphatic heterocycles. The minimum Gasteiger partial charge on any atom is -0.497 e. The molecule has 1 heterocycles. The Hall–Kier alpha value is -3.38. The highest BCUT2D eigenvalue weighted by Crippen LogP contribution is 2.21. The summed E-state index contributed by atoms with van der Waals surface area (Å²) in [6, 6.07) is 13.7. The molecule has 0 bridgehead atoms. The maximum Gasteiger partial charge on any atom is 0.257 e. The minimum absolute atomic E-state index is 0.263. The lowest BCUT2D eigenvalue weighted by Crippen LogP contribution is -2.16. The second-order valence-corrected chi connectivity index (χ2v) is 6.47. The van der Waals surface area contributed by atoms with Crippen molar-refractivity contribution in [3.8, 4) is 5.75 Å². The van der Waals surface area contributed by atoms with Crippen LogP contribution in [0.25, 0.3) is 0 Å². The maximum absolute atomic E-state index is 12.5. The average molecular weight is 396 g/mol. The molecule has 3 aromatic rings. The number of pyridine rings is 1. The van der Waals surface area contributed by atoms with E-state index in [4.69, 9.17) is 16.3 Å². The molecule has 0 radical (unpaired) electrons. The molecule has 28 heavy (non-hydrogen) atoms. The number of benzene rings is 2. The quantitative estimate of drug-likeness (QED) is 0.663. The Bertz CT molecular complexity index is 1020. The van der Waals surface area contributed by atoms with Gasteiger partial charge in [0.1, 0.15) is 5.75 Å². The molecule has 1 aromatic heterocycles. The molecule has 0 saturated carbocycles. The molecule has 2 amide bonds. The summed E-state index contributed by atoms with van der Waals surface area (Å²) in [6.07, 6.45) is 2.80. The first-order valence-electron chi connectivity index (χ1n) is 8.44. The van der Waals surface area contributed by atoms with Crippen LogP contribution in [0.5, 0.6) is 5.75 Å². The Balaban J connectivity index is 1.72. The lowest BCUT2D eigenvalue weighted by Gasteiger charge is -2.09. The summed E-state index contributed by atoms with van der Waals surface area (Å²) in [7, 11) is 1.57. The van der Waals surface area contributed by atoms with E-state index in [9.17, 15) is 9.59 Å². The van der Waals surface area contributed by atoms with E-state index < -0.39 is 0 Å². The van der Waals surface area contributed by atoms with Crippen LogP contribution in [-0.2, 0) is 0 Å². The van der Waals surface area contributed by atoms with E-state index in [2.05, 4.69) is 15.6 Å². The third-order valence-electron chi connectivity index (χ3n) is 4.04. The molecule has 0 atom stereocenters. The van der Waals surface area contributed by atoms with Crippen LogP contribution >= 0.6 is 11.6 Å². The number of hydrogen-bond acceptors (Lipinski definition) is 4. The van der Waals surface area contributed by atoms with E-state index in [1.165, 1.54) is 18.5 Å². The van der Waals surface area contributed by atoms with Crippen molar-refractivity contribution in [2.45, 2.75) is 6.92 Å². The van der Waals surface area contributed by atoms with Gasteiger partial charge < -0.3 is 15.4 Å². The van der Waals surface area contributed by atoms with E-state index in [0.29, 0.717) is 22.1 Å². The summed E-state index contributed by atoms with van der Waals surface area (Å²) in [5.41, 5.74) is 2.62. The molecule has 3 rings (SSSR count). The van der Waals surface area contributed by atoms with Gasteiger partial charge in [-0.25, -0.2) is 0 Å². The number of carbonyl (C=O) groups excluding carboxylic acids is 2. The summed E-state index contributed by atoms with van der Waals surface area (Å²) in [4.78, 5) is 28.9. The van der Waals surface area contributed by atoms with Crippen LogP contribution in [-0.4, -0.2) is 23.9 Å². The normalized spacial score (nSPS) is 10.2. The monoisotopic (exact) mass is 395 g/mol. The van der Waals surface area contributed by atoms with Crippen LogP contribution in [0.1, 0.15) is 26.3 Å². The van der Waals surface area contributed by atoms with Gasteiger partial charge in [-0.2, -0.15) is 0 Å². The third kappa shape index (κ3) is 4.66. The molecule has 0 saturated heterocycles. The zero-order valence-electron chi connectivity index (χ0n) is 15.3. The van der Waals surface area contributed by atoms with Crippen molar-refractivity contribution in [3.63, 3.8) is 0 Å². The second-order valence-electron chi connectivity index (χ2n) is 6.06. The van der Waals surface area contributed by atoms with Gasteiger partial charge in [0.25, 0.3) is 11.8 Å². The Kier molecular flexibility index (Phi) is 5.91. The van der Waals surface area contributed by atoms with Crippen LogP contribution in [0, 0.1) is 6.92 Å². The lowest BCUT2D eigenvalue weighted by atomic mass is 10.1. The smallest absolute Gasteiger partial charge is 0.257 e. The van der Waals surface area contributed by atoms with Crippen molar-refractivity contribution in [3.05, 3.63) is 82.6 Å². The second kappa shape index (κ2) is 8.54. The van der Waals surface area contributed by atoms with Crippen LogP contribution in [0.15, 0.2) is 60.9 Å². The summed E-state index contributed by atoms with van der Waals surface area (Å²) >= 11 is 6.08. The number of amides is 2. The Labute approximate surface area is 167 Å². The highest BCUT2D eigenvalue weighted by atomic mass is 35.5. The van der Waals surface area contributed by atoms with Gasteiger partial charge >= 0.3 is 0 Å². The van der Waals surface area contributed by atoms with E-state index in [1.807, 2.05) is 13.0 Å². The zero-order chi connectivity index (χ0) is 20.1. The number of ether oxygens (including phenoxy) is 1. The van der Waals surface area contributed by atoms with Crippen molar-refractivity contribution < 1.29 is 14.3 Å². The first-order chi connectivity index (χ1) is 13.5. The highest BCUT2D eigenvalue weighted by molar-refractivity contribution is 6.31. The molecule has 0 fully saturated rings. The summed E-state index contributed by atoms with van der Waals surface area (Å²) in [5.74, 6) is -0.0632. The number of anilines is 2. The van der Waals surface area contributed by atoms with E-state index >= 15 is 0 Å². The van der Waals surface area contributed by atoms with Crippen molar-refractivity contribution in [1.82, 2.24) is 4.98 Å². The first kappa shape index (κ1) is 19.4. The van der Waals surface area contributed by atoms with Crippen molar-refractivity contribution in [1.29, 1.82) is 0 Å². The molecule has 2 N–H and O–H groups in total. The molecule has 2 aromatic carbocycles. The van der Waals surface area contributed by atoms with Gasteiger partial charge in [-0.3, -0.25) is 14.6 Å². The van der Waals surface area contributed by atoms with Gasteiger partial charge in [0.05, 0.1) is 18.2 Å². The zero-order valence-corrected chi connectivity index (χ0v) is 16.1. The predicted molar refractivity (Wildman–Crippen MR) is 109 cm³/mol. The number of methoxy groups -OCH3 is 1. The van der Waals surface area contributed by atoms with Gasteiger partial charge in [-0.15, -0.1) is 0 Å². The number of halogens is 1. The molecule has 0 aliphatic rings. The number of nitrogens with zero attached hydrogens (tertiary/aromatic N) is 1. The van der Waals surface area contributed by atoms with Gasteiger partial charge in [0, 0.05) is 28.8 Å². The molecule has 6 nitrogen and oxygen atoms in total. The van der Waals surface area contributed by atoms with Crippen molar-refractivity contribution in [2.24, 2.45) is 0 Å².